The van der Waals surface area contributed by atoms with E-state index in [2.05, 4.69) is 9.88 Å². The predicted octanol–water partition coefficient (Wildman–Crippen LogP) is 1.35. The zero-order valence-electron chi connectivity index (χ0n) is 11.8. The summed E-state index contributed by atoms with van der Waals surface area (Å²) in [5, 5.41) is 2.43. The molecule has 1 atom stereocenters. The minimum Gasteiger partial charge on any atom is -0.375 e. The van der Waals surface area contributed by atoms with Crippen LogP contribution in [-0.4, -0.2) is 52.9 Å². The fourth-order valence-corrected chi connectivity index (χ4v) is 3.82. The van der Waals surface area contributed by atoms with Crippen LogP contribution in [0.5, 0.6) is 0 Å². The number of hydrogen-bond donors (Lipinski definition) is 1. The number of rotatable bonds is 3. The maximum absolute atomic E-state index is 12.4. The fraction of sp³-hybridized carbons (Fsp3) is 0.714. The molecular weight excluding hydrogens is 272 g/mol. The number of piperidine rings is 1. The molecule has 0 saturated carbocycles. The lowest BCUT2D eigenvalue weighted by atomic mass is 10.0. The van der Waals surface area contributed by atoms with E-state index < -0.39 is 0 Å². The maximum Gasteiger partial charge on any atom is 0.228 e. The number of aromatic nitrogens is 1. The number of likely N-dealkylation sites (tertiary alicyclic amines) is 2. The quantitative estimate of drug-likeness (QED) is 0.914. The van der Waals surface area contributed by atoms with Gasteiger partial charge >= 0.3 is 0 Å². The molecule has 0 aliphatic carbocycles. The first-order chi connectivity index (χ1) is 9.72. The molecule has 1 aromatic heterocycles. The molecule has 2 aliphatic rings. The Morgan fingerprint density at radius 1 is 1.35 bits per heavy atom. The van der Waals surface area contributed by atoms with E-state index >= 15 is 0 Å². The van der Waals surface area contributed by atoms with Crippen LogP contribution in [0.4, 0.5) is 5.13 Å². The molecule has 1 unspecified atom stereocenters. The minimum absolute atomic E-state index is 0.194. The highest BCUT2D eigenvalue weighted by molar-refractivity contribution is 7.13. The Labute approximate surface area is 123 Å². The molecule has 5 nitrogen and oxygen atoms in total. The molecule has 0 aromatic carbocycles. The molecule has 1 amide bonds. The average Bonchev–Trinajstić information content (AvgIpc) is 3.11. The van der Waals surface area contributed by atoms with Gasteiger partial charge in [-0.1, -0.05) is 0 Å². The molecule has 20 heavy (non-hydrogen) atoms. The average molecular weight is 294 g/mol. The lowest BCUT2D eigenvalue weighted by Crippen LogP contribution is -2.49. The Morgan fingerprint density at radius 2 is 2.15 bits per heavy atom. The van der Waals surface area contributed by atoms with Crippen molar-refractivity contribution in [3.05, 3.63) is 11.1 Å². The number of carbonyl (C=O) groups excluding carboxylic acids is 1. The topological polar surface area (TPSA) is 62.5 Å². The van der Waals surface area contributed by atoms with Gasteiger partial charge in [0.05, 0.1) is 12.1 Å². The Morgan fingerprint density at radius 3 is 2.85 bits per heavy atom. The Bertz CT molecular complexity index is 469. The van der Waals surface area contributed by atoms with Crippen molar-refractivity contribution in [1.29, 1.82) is 0 Å². The van der Waals surface area contributed by atoms with Gasteiger partial charge in [-0.05, 0) is 38.8 Å². The highest BCUT2D eigenvalue weighted by atomic mass is 32.1. The van der Waals surface area contributed by atoms with Crippen molar-refractivity contribution in [2.75, 3.05) is 31.9 Å². The fourth-order valence-electron chi connectivity index (χ4n) is 3.26. The van der Waals surface area contributed by atoms with Crippen LogP contribution in [0.1, 0.15) is 31.4 Å². The second kappa shape index (κ2) is 6.10. The van der Waals surface area contributed by atoms with Crippen LogP contribution >= 0.6 is 11.3 Å². The summed E-state index contributed by atoms with van der Waals surface area (Å²) in [7, 11) is 0. The smallest absolute Gasteiger partial charge is 0.228 e. The van der Waals surface area contributed by atoms with Crippen molar-refractivity contribution in [3.63, 3.8) is 0 Å². The van der Waals surface area contributed by atoms with E-state index in [0.29, 0.717) is 17.6 Å². The second-order valence-corrected chi connectivity index (χ2v) is 6.62. The van der Waals surface area contributed by atoms with Crippen LogP contribution in [0, 0.1) is 0 Å². The zero-order valence-corrected chi connectivity index (χ0v) is 12.6. The summed E-state index contributed by atoms with van der Waals surface area (Å²) in [4.78, 5) is 21.1. The summed E-state index contributed by atoms with van der Waals surface area (Å²) in [6.45, 7) is 4.19. The zero-order chi connectivity index (χ0) is 13.9. The summed E-state index contributed by atoms with van der Waals surface area (Å²) in [6.07, 6.45) is 5.35. The second-order valence-electron chi connectivity index (χ2n) is 5.73. The van der Waals surface area contributed by atoms with E-state index in [1.165, 1.54) is 43.7 Å². The van der Waals surface area contributed by atoms with Crippen LogP contribution < -0.4 is 5.73 Å². The molecule has 0 spiro atoms. The lowest BCUT2D eigenvalue weighted by Gasteiger charge is -2.37. The van der Waals surface area contributed by atoms with Crippen LogP contribution in [-0.2, 0) is 11.2 Å². The number of amides is 1. The molecule has 1 aromatic rings. The van der Waals surface area contributed by atoms with Crippen LogP contribution in [0.3, 0.4) is 0 Å². The molecular formula is C14H22N4OS. The van der Waals surface area contributed by atoms with Crippen molar-refractivity contribution < 1.29 is 4.79 Å². The summed E-state index contributed by atoms with van der Waals surface area (Å²) < 4.78 is 0. The van der Waals surface area contributed by atoms with E-state index in [1.807, 2.05) is 10.3 Å². The molecule has 2 saturated heterocycles. The van der Waals surface area contributed by atoms with Crippen LogP contribution in [0.15, 0.2) is 5.38 Å². The van der Waals surface area contributed by atoms with E-state index in [-0.39, 0.29) is 5.91 Å². The highest BCUT2D eigenvalue weighted by Crippen LogP contribution is 2.21. The summed E-state index contributed by atoms with van der Waals surface area (Å²) in [5.74, 6) is 0.194. The van der Waals surface area contributed by atoms with Crippen molar-refractivity contribution in [2.45, 2.75) is 38.1 Å². The molecule has 0 radical (unpaired) electrons. The Hall–Kier alpha value is -1.14. The molecule has 3 rings (SSSR count). The number of nitrogens with zero attached hydrogens (tertiary/aromatic N) is 3. The standard InChI is InChI=1S/C14H22N4OS/c15-14-16-11(10-20-14)8-13(19)18-7-3-4-12(9-18)17-5-1-2-6-17/h10,12H,1-9H2,(H2,15,16). The molecule has 6 heteroatoms. The van der Waals surface area contributed by atoms with Gasteiger partial charge in [0, 0.05) is 24.5 Å². The van der Waals surface area contributed by atoms with Gasteiger partial charge in [0.2, 0.25) is 5.91 Å². The van der Waals surface area contributed by atoms with E-state index in [9.17, 15) is 4.79 Å². The lowest BCUT2D eigenvalue weighted by molar-refractivity contribution is -0.132. The monoisotopic (exact) mass is 294 g/mol. The summed E-state index contributed by atoms with van der Waals surface area (Å²) in [6, 6.07) is 0.565. The first kappa shape index (κ1) is 13.8. The van der Waals surface area contributed by atoms with E-state index in [0.717, 1.165) is 25.2 Å². The molecule has 2 N–H and O–H groups in total. The highest BCUT2D eigenvalue weighted by Gasteiger charge is 2.29. The van der Waals surface area contributed by atoms with E-state index in [1.54, 1.807) is 0 Å². The SMILES string of the molecule is Nc1nc(CC(=O)N2CCCC(N3CCCC3)C2)cs1. The van der Waals surface area contributed by atoms with Crippen LogP contribution in [0.2, 0.25) is 0 Å². The molecule has 3 heterocycles. The first-order valence-electron chi connectivity index (χ1n) is 7.44. The van der Waals surface area contributed by atoms with Gasteiger partial charge in [0.25, 0.3) is 0 Å². The van der Waals surface area contributed by atoms with Gasteiger partial charge in [-0.3, -0.25) is 9.69 Å². The third-order valence-corrected chi connectivity index (χ3v) is 5.03. The van der Waals surface area contributed by atoms with Crippen molar-refractivity contribution in [2.24, 2.45) is 0 Å². The minimum atomic E-state index is 0.194. The molecule has 2 fully saturated rings. The molecule has 0 bridgehead atoms. The van der Waals surface area contributed by atoms with Gasteiger partial charge in [-0.25, -0.2) is 4.98 Å². The third-order valence-electron chi connectivity index (χ3n) is 4.31. The first-order valence-corrected chi connectivity index (χ1v) is 8.32. The summed E-state index contributed by atoms with van der Waals surface area (Å²) >= 11 is 1.40. The normalized spacial score (nSPS) is 24.2. The van der Waals surface area contributed by atoms with Crippen LogP contribution in [0.25, 0.3) is 0 Å². The number of thiazole rings is 1. The number of carbonyl (C=O) groups is 1. The van der Waals surface area contributed by atoms with Gasteiger partial charge in [0.15, 0.2) is 5.13 Å². The van der Waals surface area contributed by atoms with Gasteiger partial charge in [-0.2, -0.15) is 0 Å². The summed E-state index contributed by atoms with van der Waals surface area (Å²) in [5.41, 5.74) is 6.42. The van der Waals surface area contributed by atoms with Crippen molar-refractivity contribution >= 4 is 22.4 Å². The van der Waals surface area contributed by atoms with E-state index in [4.69, 9.17) is 5.73 Å². The number of anilines is 1. The van der Waals surface area contributed by atoms with Gasteiger partial charge in [-0.15, -0.1) is 11.3 Å². The van der Waals surface area contributed by atoms with Crippen molar-refractivity contribution in [3.8, 4) is 0 Å². The maximum atomic E-state index is 12.4. The predicted molar refractivity (Wildman–Crippen MR) is 80.6 cm³/mol. The molecule has 2 aliphatic heterocycles. The third kappa shape index (κ3) is 3.12. The Kier molecular flexibility index (Phi) is 4.21. The Balaban J connectivity index is 1.57. The van der Waals surface area contributed by atoms with Crippen molar-refractivity contribution in [1.82, 2.24) is 14.8 Å². The number of nitrogen functional groups attached to an aromatic ring is 1. The largest absolute Gasteiger partial charge is 0.375 e. The van der Waals surface area contributed by atoms with Gasteiger partial charge in [0.1, 0.15) is 0 Å². The molecule has 110 valence electrons. The number of nitrogens with two attached hydrogens (primary N) is 1. The number of hydrogen-bond acceptors (Lipinski definition) is 5. The van der Waals surface area contributed by atoms with Gasteiger partial charge < -0.3 is 10.6 Å².